The van der Waals surface area contributed by atoms with E-state index >= 15 is 0 Å². The van der Waals surface area contributed by atoms with Crippen LogP contribution in [-0.2, 0) is 4.79 Å². The summed E-state index contributed by atoms with van der Waals surface area (Å²) in [6.45, 7) is 3.96. The largest absolute Gasteiger partial charge is 0.356 e. The Bertz CT molecular complexity index is 372. The second-order valence-corrected chi connectivity index (χ2v) is 4.77. The Labute approximate surface area is 108 Å². The van der Waals surface area contributed by atoms with Gasteiger partial charge in [-0.2, -0.15) is 0 Å². The molecule has 1 amide bonds. The van der Waals surface area contributed by atoms with E-state index in [1.807, 2.05) is 31.3 Å². The van der Waals surface area contributed by atoms with Crippen LogP contribution in [0.3, 0.4) is 0 Å². The van der Waals surface area contributed by atoms with Gasteiger partial charge in [-0.1, -0.05) is 13.0 Å². The number of rotatable bonds is 4. The maximum atomic E-state index is 11.5. The summed E-state index contributed by atoms with van der Waals surface area (Å²) in [4.78, 5) is 18.2. The predicted octanol–water partition coefficient (Wildman–Crippen LogP) is 1.97. The second kappa shape index (κ2) is 6.38. The van der Waals surface area contributed by atoms with Crippen LogP contribution in [-0.4, -0.2) is 30.0 Å². The molecule has 0 saturated carbocycles. The molecule has 0 aromatic carbocycles. The van der Waals surface area contributed by atoms with E-state index in [0.29, 0.717) is 12.5 Å². The van der Waals surface area contributed by atoms with Crippen molar-refractivity contribution >= 4 is 11.7 Å². The van der Waals surface area contributed by atoms with Crippen LogP contribution < -0.4 is 10.2 Å². The zero-order valence-corrected chi connectivity index (χ0v) is 10.9. The van der Waals surface area contributed by atoms with E-state index in [4.69, 9.17) is 0 Å². The molecule has 98 valence electrons. The minimum absolute atomic E-state index is 0.189. The highest BCUT2D eigenvalue weighted by atomic mass is 16.1. The number of anilines is 1. The molecule has 1 fully saturated rings. The van der Waals surface area contributed by atoms with E-state index in [1.54, 1.807) is 0 Å². The van der Waals surface area contributed by atoms with Gasteiger partial charge in [0.2, 0.25) is 5.91 Å². The third kappa shape index (κ3) is 3.45. The highest BCUT2D eigenvalue weighted by molar-refractivity contribution is 5.76. The lowest BCUT2D eigenvalue weighted by molar-refractivity contribution is -0.121. The quantitative estimate of drug-likeness (QED) is 0.884. The number of hydrogen-bond acceptors (Lipinski definition) is 3. The minimum atomic E-state index is 0.189. The zero-order chi connectivity index (χ0) is 12.8. The Kier molecular flexibility index (Phi) is 4.56. The highest BCUT2D eigenvalue weighted by Gasteiger charge is 2.20. The number of amides is 1. The molecule has 0 aliphatic carbocycles. The first-order valence-corrected chi connectivity index (χ1v) is 6.75. The normalized spacial score (nSPS) is 16.6. The van der Waals surface area contributed by atoms with Crippen LogP contribution in [0.4, 0.5) is 5.82 Å². The van der Waals surface area contributed by atoms with Gasteiger partial charge in [0.05, 0.1) is 0 Å². The summed E-state index contributed by atoms with van der Waals surface area (Å²) in [6, 6.07) is 6.32. The molecular formula is C14H21N3O. The lowest BCUT2D eigenvalue weighted by Gasteiger charge is -2.33. The molecule has 1 aromatic heterocycles. The van der Waals surface area contributed by atoms with E-state index in [9.17, 15) is 4.79 Å². The molecule has 0 radical (unpaired) electrons. The molecule has 1 aromatic rings. The number of aromatic nitrogens is 1. The van der Waals surface area contributed by atoms with Gasteiger partial charge in [0.15, 0.2) is 0 Å². The SMILES string of the molecule is CCCC(=O)NC1CCN(c2ccccn2)CC1. The Morgan fingerprint density at radius 2 is 2.22 bits per heavy atom. The first-order valence-electron chi connectivity index (χ1n) is 6.75. The van der Waals surface area contributed by atoms with Gasteiger partial charge < -0.3 is 10.2 Å². The molecule has 0 spiro atoms. The smallest absolute Gasteiger partial charge is 0.220 e. The third-order valence-corrected chi connectivity index (χ3v) is 3.31. The molecule has 4 heteroatoms. The molecule has 1 aliphatic rings. The van der Waals surface area contributed by atoms with Crippen molar-refractivity contribution in [2.45, 2.75) is 38.6 Å². The Balaban J connectivity index is 1.80. The number of hydrogen-bond donors (Lipinski definition) is 1. The fourth-order valence-electron chi connectivity index (χ4n) is 2.32. The average Bonchev–Trinajstić information content (AvgIpc) is 2.41. The highest BCUT2D eigenvalue weighted by Crippen LogP contribution is 2.17. The summed E-state index contributed by atoms with van der Waals surface area (Å²) >= 11 is 0. The van der Waals surface area contributed by atoms with Crippen molar-refractivity contribution in [1.82, 2.24) is 10.3 Å². The molecule has 1 N–H and O–H groups in total. The molecule has 18 heavy (non-hydrogen) atoms. The van der Waals surface area contributed by atoms with Crippen molar-refractivity contribution < 1.29 is 4.79 Å². The number of carbonyl (C=O) groups excluding carboxylic acids is 1. The van der Waals surface area contributed by atoms with Crippen molar-refractivity contribution in [1.29, 1.82) is 0 Å². The Morgan fingerprint density at radius 3 is 2.83 bits per heavy atom. The van der Waals surface area contributed by atoms with E-state index in [1.165, 1.54) is 0 Å². The first kappa shape index (κ1) is 12.9. The van der Waals surface area contributed by atoms with Gasteiger partial charge in [0.25, 0.3) is 0 Å². The van der Waals surface area contributed by atoms with Gasteiger partial charge in [-0.15, -0.1) is 0 Å². The van der Waals surface area contributed by atoms with Gasteiger partial charge in [-0.3, -0.25) is 4.79 Å². The van der Waals surface area contributed by atoms with Gasteiger partial charge in [0.1, 0.15) is 5.82 Å². The van der Waals surface area contributed by atoms with Gasteiger partial charge >= 0.3 is 0 Å². The van der Waals surface area contributed by atoms with Gasteiger partial charge in [-0.25, -0.2) is 4.98 Å². The topological polar surface area (TPSA) is 45.2 Å². The van der Waals surface area contributed by atoms with Crippen LogP contribution in [0.25, 0.3) is 0 Å². The van der Waals surface area contributed by atoms with E-state index in [2.05, 4.69) is 15.2 Å². The zero-order valence-electron chi connectivity index (χ0n) is 10.9. The van der Waals surface area contributed by atoms with Crippen LogP contribution >= 0.6 is 0 Å². The van der Waals surface area contributed by atoms with E-state index in [-0.39, 0.29) is 5.91 Å². The summed E-state index contributed by atoms with van der Waals surface area (Å²) in [6.07, 6.45) is 5.39. The van der Waals surface area contributed by atoms with Gasteiger partial charge in [0, 0.05) is 31.7 Å². The van der Waals surface area contributed by atoms with Crippen LogP contribution in [0.2, 0.25) is 0 Å². The number of nitrogens with one attached hydrogen (secondary N) is 1. The van der Waals surface area contributed by atoms with Gasteiger partial charge in [-0.05, 0) is 31.4 Å². The van der Waals surface area contributed by atoms with Crippen LogP contribution in [0.5, 0.6) is 0 Å². The number of pyridine rings is 1. The average molecular weight is 247 g/mol. The summed E-state index contributed by atoms with van der Waals surface area (Å²) in [7, 11) is 0. The standard InChI is InChI=1S/C14H21N3O/c1-2-5-14(18)16-12-7-10-17(11-8-12)13-6-3-4-9-15-13/h3-4,6,9,12H,2,5,7-8,10-11H2,1H3,(H,16,18). The maximum absolute atomic E-state index is 11.5. The van der Waals surface area contributed by atoms with E-state index < -0.39 is 0 Å². The van der Waals surface area contributed by atoms with Crippen LogP contribution in [0.15, 0.2) is 24.4 Å². The van der Waals surface area contributed by atoms with Crippen molar-refractivity contribution in [3.05, 3.63) is 24.4 Å². The first-order chi connectivity index (χ1) is 8.79. The third-order valence-electron chi connectivity index (χ3n) is 3.31. The number of piperidine rings is 1. The van der Waals surface area contributed by atoms with Crippen LogP contribution in [0, 0.1) is 0 Å². The maximum Gasteiger partial charge on any atom is 0.220 e. The molecule has 2 heterocycles. The number of carbonyl (C=O) groups is 1. The lowest BCUT2D eigenvalue weighted by Crippen LogP contribution is -2.44. The molecular weight excluding hydrogens is 226 g/mol. The Morgan fingerprint density at radius 1 is 1.44 bits per heavy atom. The molecule has 0 unspecified atom stereocenters. The molecule has 4 nitrogen and oxygen atoms in total. The summed E-state index contributed by atoms with van der Waals surface area (Å²) in [5.41, 5.74) is 0. The molecule has 1 saturated heterocycles. The summed E-state index contributed by atoms with van der Waals surface area (Å²) in [5, 5.41) is 3.11. The molecule has 2 rings (SSSR count). The Hall–Kier alpha value is -1.58. The van der Waals surface area contributed by atoms with Crippen LogP contribution in [0.1, 0.15) is 32.6 Å². The number of nitrogens with zero attached hydrogens (tertiary/aromatic N) is 2. The molecule has 1 aliphatic heterocycles. The van der Waals surface area contributed by atoms with Crippen molar-refractivity contribution in [2.24, 2.45) is 0 Å². The predicted molar refractivity (Wildman–Crippen MR) is 72.5 cm³/mol. The monoisotopic (exact) mass is 247 g/mol. The molecule has 0 atom stereocenters. The fourth-order valence-corrected chi connectivity index (χ4v) is 2.32. The minimum Gasteiger partial charge on any atom is -0.356 e. The van der Waals surface area contributed by atoms with Crippen molar-refractivity contribution in [3.63, 3.8) is 0 Å². The van der Waals surface area contributed by atoms with Crippen molar-refractivity contribution in [3.8, 4) is 0 Å². The van der Waals surface area contributed by atoms with Crippen molar-refractivity contribution in [2.75, 3.05) is 18.0 Å². The van der Waals surface area contributed by atoms with E-state index in [0.717, 1.165) is 38.2 Å². The summed E-state index contributed by atoms with van der Waals surface area (Å²) in [5.74, 6) is 1.23. The second-order valence-electron chi connectivity index (χ2n) is 4.77. The summed E-state index contributed by atoms with van der Waals surface area (Å²) < 4.78 is 0. The lowest BCUT2D eigenvalue weighted by atomic mass is 10.0. The molecule has 0 bridgehead atoms. The fraction of sp³-hybridized carbons (Fsp3) is 0.571.